The van der Waals surface area contributed by atoms with Crippen molar-refractivity contribution in [1.29, 1.82) is 0 Å². The molecule has 0 amide bonds. The molecule has 0 saturated carbocycles. The van der Waals surface area contributed by atoms with Gasteiger partial charge in [-0.15, -0.1) is 0 Å². The predicted octanol–water partition coefficient (Wildman–Crippen LogP) is -1.61. The van der Waals surface area contributed by atoms with Crippen molar-refractivity contribution >= 4 is 28.6 Å². The summed E-state index contributed by atoms with van der Waals surface area (Å²) in [4.78, 5) is 0. The van der Waals surface area contributed by atoms with Gasteiger partial charge in [0.2, 0.25) is 0 Å². The van der Waals surface area contributed by atoms with Gasteiger partial charge in [0.1, 0.15) is 0 Å². The molecular formula is C6H23N3Si3. The van der Waals surface area contributed by atoms with Crippen molar-refractivity contribution < 1.29 is 0 Å². The molecule has 0 spiro atoms. The maximum Gasteiger partial charge on any atom is 0.173 e. The standard InChI is InChI=1S/C6H23N3Si3/c1-7(2)11(5)9(10)12(6)8(3)4/h11-12H,1-6,10H3. The fourth-order valence-electron chi connectivity index (χ4n) is 1.04. The zero-order valence-electron chi connectivity index (χ0n) is 9.50. The Hall–Kier alpha value is 0.531. The molecule has 3 nitrogen and oxygen atoms in total. The molecule has 0 aliphatic carbocycles. The summed E-state index contributed by atoms with van der Waals surface area (Å²) < 4.78 is 7.58. The molecule has 12 heavy (non-hydrogen) atoms. The smallest absolute Gasteiger partial charge is 0.173 e. The normalized spacial score (nSPS) is 17.8. The second kappa shape index (κ2) is 5.30. The summed E-state index contributed by atoms with van der Waals surface area (Å²) >= 11 is 0. The van der Waals surface area contributed by atoms with Crippen molar-refractivity contribution in [3.05, 3.63) is 0 Å². The summed E-state index contributed by atoms with van der Waals surface area (Å²) in [5.74, 6) is 0. The molecule has 74 valence electrons. The molecule has 0 saturated heterocycles. The first-order chi connectivity index (χ1) is 5.37. The minimum atomic E-state index is -0.735. The van der Waals surface area contributed by atoms with Gasteiger partial charge in [0.05, 0.1) is 10.4 Å². The molecule has 0 radical (unpaired) electrons. The summed E-state index contributed by atoms with van der Waals surface area (Å²) in [6.07, 6.45) is 0. The average Bonchev–Trinajstić information content (AvgIpc) is 2.00. The highest BCUT2D eigenvalue weighted by molar-refractivity contribution is 6.75. The fourth-order valence-corrected chi connectivity index (χ4v) is 9.37. The lowest BCUT2D eigenvalue weighted by atomic mass is 11.3. The van der Waals surface area contributed by atoms with Crippen LogP contribution in [-0.2, 0) is 0 Å². The average molecular weight is 222 g/mol. The van der Waals surface area contributed by atoms with Gasteiger partial charge in [-0.1, -0.05) is 0 Å². The Balaban J connectivity index is 4.08. The monoisotopic (exact) mass is 221 g/mol. The molecule has 0 fully saturated rings. The van der Waals surface area contributed by atoms with Gasteiger partial charge >= 0.3 is 0 Å². The van der Waals surface area contributed by atoms with Crippen molar-refractivity contribution in [2.45, 2.75) is 13.1 Å². The summed E-state index contributed by atoms with van der Waals surface area (Å²) in [5.41, 5.74) is 0. The topological polar surface area (TPSA) is 9.72 Å². The molecule has 0 rings (SSSR count). The van der Waals surface area contributed by atoms with E-state index in [1.54, 1.807) is 0 Å². The van der Waals surface area contributed by atoms with E-state index in [-0.39, 0.29) is 0 Å². The quantitative estimate of drug-likeness (QED) is 0.529. The van der Waals surface area contributed by atoms with Gasteiger partial charge in [-0.25, -0.2) is 0 Å². The number of hydrogen-bond donors (Lipinski definition) is 0. The first-order valence-electron chi connectivity index (χ1n) is 4.42. The highest BCUT2D eigenvalue weighted by Gasteiger charge is 2.20. The van der Waals surface area contributed by atoms with Crippen LogP contribution in [0.25, 0.3) is 0 Å². The lowest BCUT2D eigenvalue weighted by Gasteiger charge is -2.36. The van der Waals surface area contributed by atoms with Crippen molar-refractivity contribution in [2.24, 2.45) is 0 Å². The lowest BCUT2D eigenvalue weighted by molar-refractivity contribution is 0.572. The molecule has 0 aromatic carbocycles. The SMILES string of the molecule is CN(C)[SiH](C)N([SiH3])[SiH](C)N(C)C. The third kappa shape index (κ3) is 3.50. The molecule has 6 heteroatoms. The van der Waals surface area contributed by atoms with Crippen LogP contribution in [0.3, 0.4) is 0 Å². The van der Waals surface area contributed by atoms with E-state index in [1.807, 2.05) is 0 Å². The minimum absolute atomic E-state index is 0.735. The fraction of sp³-hybridized carbons (Fsp3) is 1.00. The Bertz CT molecular complexity index is 117. The Morgan fingerprint density at radius 1 is 0.833 bits per heavy atom. The second-order valence-electron chi connectivity index (χ2n) is 3.86. The Labute approximate surface area is 83.4 Å². The Morgan fingerprint density at radius 2 is 1.08 bits per heavy atom. The largest absolute Gasteiger partial charge is 0.356 e. The van der Waals surface area contributed by atoms with E-state index in [4.69, 9.17) is 0 Å². The molecule has 0 N–H and O–H groups in total. The molecule has 0 bridgehead atoms. The first kappa shape index (κ1) is 12.5. The lowest BCUT2D eigenvalue weighted by Crippen LogP contribution is -2.57. The predicted molar refractivity (Wildman–Crippen MR) is 65.2 cm³/mol. The molecule has 0 heterocycles. The van der Waals surface area contributed by atoms with E-state index in [9.17, 15) is 0 Å². The summed E-state index contributed by atoms with van der Waals surface area (Å²) in [6.45, 7) is 4.83. The highest BCUT2D eigenvalue weighted by Crippen LogP contribution is 1.99. The van der Waals surface area contributed by atoms with Crippen LogP contribution in [0.2, 0.25) is 13.1 Å². The van der Waals surface area contributed by atoms with Gasteiger partial charge < -0.3 is 13.0 Å². The third-order valence-corrected chi connectivity index (χ3v) is 15.1. The van der Waals surface area contributed by atoms with E-state index in [1.165, 1.54) is 10.4 Å². The summed E-state index contributed by atoms with van der Waals surface area (Å²) in [6, 6.07) is 0. The maximum atomic E-state index is 2.75. The van der Waals surface area contributed by atoms with Gasteiger partial charge in [0, 0.05) is 0 Å². The van der Waals surface area contributed by atoms with Crippen LogP contribution in [0, 0.1) is 0 Å². The van der Waals surface area contributed by atoms with E-state index in [0.29, 0.717) is 0 Å². The number of nitrogens with zero attached hydrogens (tertiary/aromatic N) is 3. The molecule has 0 aromatic rings. The highest BCUT2D eigenvalue weighted by atomic mass is 28.4. The number of hydrogen-bond acceptors (Lipinski definition) is 3. The molecule has 0 aliphatic heterocycles. The Kier molecular flexibility index (Phi) is 5.54. The van der Waals surface area contributed by atoms with Crippen molar-refractivity contribution in [3.8, 4) is 0 Å². The zero-order chi connectivity index (χ0) is 9.89. The van der Waals surface area contributed by atoms with Crippen LogP contribution in [0.5, 0.6) is 0 Å². The summed E-state index contributed by atoms with van der Waals surface area (Å²) in [5, 5.41) is 0. The molecular weight excluding hydrogens is 198 g/mol. The van der Waals surface area contributed by atoms with Gasteiger partial charge in [-0.3, -0.25) is 0 Å². The first-order valence-corrected chi connectivity index (χ1v) is 9.69. The van der Waals surface area contributed by atoms with Crippen LogP contribution in [0.4, 0.5) is 0 Å². The molecule has 2 atom stereocenters. The van der Waals surface area contributed by atoms with Gasteiger partial charge in [-0.2, -0.15) is 0 Å². The maximum absolute atomic E-state index is 2.75. The van der Waals surface area contributed by atoms with Crippen molar-refractivity contribution in [3.63, 3.8) is 0 Å². The zero-order valence-corrected chi connectivity index (χ0v) is 13.8. The van der Waals surface area contributed by atoms with Crippen LogP contribution in [0.15, 0.2) is 0 Å². The van der Waals surface area contributed by atoms with Gasteiger partial charge in [-0.05, 0) is 41.3 Å². The van der Waals surface area contributed by atoms with Gasteiger partial charge in [0.15, 0.2) is 18.2 Å². The second-order valence-corrected chi connectivity index (χ2v) is 13.8. The summed E-state index contributed by atoms with van der Waals surface area (Å²) in [7, 11) is 8.58. The van der Waals surface area contributed by atoms with E-state index in [0.717, 1.165) is 0 Å². The van der Waals surface area contributed by atoms with Crippen LogP contribution < -0.4 is 0 Å². The Morgan fingerprint density at radius 3 is 1.25 bits per heavy atom. The van der Waals surface area contributed by atoms with E-state index < -0.39 is 18.2 Å². The van der Waals surface area contributed by atoms with Crippen LogP contribution >= 0.6 is 0 Å². The number of rotatable bonds is 4. The van der Waals surface area contributed by atoms with Crippen molar-refractivity contribution in [1.82, 2.24) is 13.0 Å². The van der Waals surface area contributed by atoms with Crippen molar-refractivity contribution in [2.75, 3.05) is 28.2 Å². The van der Waals surface area contributed by atoms with Crippen LogP contribution in [0.1, 0.15) is 0 Å². The van der Waals surface area contributed by atoms with Gasteiger partial charge in [0.25, 0.3) is 0 Å². The molecule has 0 aromatic heterocycles. The molecule has 0 aliphatic rings. The van der Waals surface area contributed by atoms with E-state index in [2.05, 4.69) is 54.3 Å². The van der Waals surface area contributed by atoms with E-state index >= 15 is 0 Å². The minimum Gasteiger partial charge on any atom is -0.356 e. The van der Waals surface area contributed by atoms with Crippen LogP contribution in [-0.4, -0.2) is 69.9 Å². The third-order valence-electron chi connectivity index (χ3n) is 2.67. The molecule has 2 unspecified atom stereocenters.